The molecular weight excluding hydrogens is 208 g/mol. The van der Waals surface area contributed by atoms with E-state index in [0.717, 1.165) is 0 Å². The van der Waals surface area contributed by atoms with Gasteiger partial charge in [0.25, 0.3) is 5.91 Å². The number of nitrogens with zero attached hydrogens (tertiary/aromatic N) is 1. The molecule has 16 heavy (non-hydrogen) atoms. The van der Waals surface area contributed by atoms with Crippen molar-refractivity contribution in [1.29, 1.82) is 0 Å². The van der Waals surface area contributed by atoms with Gasteiger partial charge in [-0.15, -0.1) is 0 Å². The molecule has 0 saturated carbocycles. The molecule has 0 aliphatic rings. The van der Waals surface area contributed by atoms with Gasteiger partial charge in [-0.2, -0.15) is 0 Å². The number of hydrogen-bond donors (Lipinski definition) is 1. The van der Waals surface area contributed by atoms with Crippen molar-refractivity contribution in [3.05, 3.63) is 18.0 Å². The average Bonchev–Trinajstić information content (AvgIpc) is 2.68. The number of carbonyl (C=O) groups excluding carboxylic acids is 1. The van der Waals surface area contributed by atoms with Gasteiger partial charge in [0.15, 0.2) is 5.69 Å². The summed E-state index contributed by atoms with van der Waals surface area (Å²) in [6, 6.07) is 1.52. The van der Waals surface area contributed by atoms with Crippen LogP contribution in [-0.2, 0) is 4.74 Å². The van der Waals surface area contributed by atoms with Gasteiger partial charge in [0.1, 0.15) is 6.26 Å². The number of ether oxygens (including phenoxy) is 1. The van der Waals surface area contributed by atoms with Crippen LogP contribution in [0.5, 0.6) is 0 Å². The number of amides is 1. The zero-order chi connectivity index (χ0) is 12.2. The first-order chi connectivity index (χ1) is 7.45. The van der Waals surface area contributed by atoms with Crippen molar-refractivity contribution >= 4 is 5.91 Å². The molecule has 0 bridgehead atoms. The van der Waals surface area contributed by atoms with Crippen LogP contribution in [0, 0.1) is 5.41 Å². The first-order valence-electron chi connectivity index (χ1n) is 5.16. The smallest absolute Gasteiger partial charge is 0.273 e. The van der Waals surface area contributed by atoms with Gasteiger partial charge in [0, 0.05) is 19.7 Å². The zero-order valence-corrected chi connectivity index (χ0v) is 10.1. The third-order valence-corrected chi connectivity index (χ3v) is 2.37. The molecule has 0 radical (unpaired) electrons. The van der Waals surface area contributed by atoms with E-state index in [1.54, 1.807) is 7.11 Å². The van der Waals surface area contributed by atoms with Crippen molar-refractivity contribution in [2.75, 3.05) is 13.7 Å². The highest BCUT2D eigenvalue weighted by Gasteiger charge is 2.25. The molecule has 5 heteroatoms. The zero-order valence-electron chi connectivity index (χ0n) is 10.1. The van der Waals surface area contributed by atoms with Crippen LogP contribution < -0.4 is 5.32 Å². The van der Waals surface area contributed by atoms with Crippen LogP contribution in [0.1, 0.15) is 31.3 Å². The van der Waals surface area contributed by atoms with E-state index in [9.17, 15) is 4.79 Å². The van der Waals surface area contributed by atoms with Crippen molar-refractivity contribution < 1.29 is 14.1 Å². The maximum Gasteiger partial charge on any atom is 0.273 e. The molecule has 1 aromatic rings. The summed E-state index contributed by atoms with van der Waals surface area (Å²) < 4.78 is 9.92. The van der Waals surface area contributed by atoms with Crippen LogP contribution in [-0.4, -0.2) is 30.8 Å². The Hall–Kier alpha value is -1.36. The fourth-order valence-electron chi connectivity index (χ4n) is 1.35. The molecule has 0 aliphatic carbocycles. The monoisotopic (exact) mass is 226 g/mol. The minimum atomic E-state index is -0.250. The Morgan fingerprint density at radius 1 is 1.62 bits per heavy atom. The van der Waals surface area contributed by atoms with Crippen molar-refractivity contribution in [3.8, 4) is 0 Å². The Kier molecular flexibility index (Phi) is 4.06. The second-order valence-electron chi connectivity index (χ2n) is 4.69. The second-order valence-corrected chi connectivity index (χ2v) is 4.69. The summed E-state index contributed by atoms with van der Waals surface area (Å²) >= 11 is 0. The lowest BCUT2D eigenvalue weighted by atomic mass is 9.89. The molecule has 0 saturated heterocycles. The summed E-state index contributed by atoms with van der Waals surface area (Å²) in [6.07, 6.45) is 1.33. The number of methoxy groups -OCH3 is 1. The lowest BCUT2D eigenvalue weighted by Gasteiger charge is -2.29. The van der Waals surface area contributed by atoms with Gasteiger partial charge >= 0.3 is 0 Å². The van der Waals surface area contributed by atoms with Crippen LogP contribution in [0.3, 0.4) is 0 Å². The lowest BCUT2D eigenvalue weighted by molar-refractivity contribution is 0.0175. The van der Waals surface area contributed by atoms with E-state index in [1.165, 1.54) is 12.3 Å². The van der Waals surface area contributed by atoms with Gasteiger partial charge in [-0.25, -0.2) is 0 Å². The Bertz CT molecular complexity index is 327. The van der Waals surface area contributed by atoms with Crippen molar-refractivity contribution in [2.45, 2.75) is 26.9 Å². The topological polar surface area (TPSA) is 64.4 Å². The predicted octanol–water partition coefficient (Wildman–Crippen LogP) is 1.47. The molecule has 0 spiro atoms. The van der Waals surface area contributed by atoms with E-state index in [2.05, 4.69) is 35.8 Å². The van der Waals surface area contributed by atoms with Crippen LogP contribution >= 0.6 is 0 Å². The second kappa shape index (κ2) is 5.12. The summed E-state index contributed by atoms with van der Waals surface area (Å²) in [5.41, 5.74) is 0.259. The highest BCUT2D eigenvalue weighted by Crippen LogP contribution is 2.20. The Balaban J connectivity index is 2.48. The number of nitrogens with one attached hydrogen (secondary N) is 1. The maximum atomic E-state index is 11.6. The Labute approximate surface area is 95.1 Å². The quantitative estimate of drug-likeness (QED) is 0.844. The predicted molar refractivity (Wildman–Crippen MR) is 59.1 cm³/mol. The van der Waals surface area contributed by atoms with E-state index in [4.69, 9.17) is 4.74 Å². The highest BCUT2D eigenvalue weighted by molar-refractivity contribution is 5.91. The molecule has 1 heterocycles. The van der Waals surface area contributed by atoms with Crippen molar-refractivity contribution in [1.82, 2.24) is 10.5 Å². The Morgan fingerprint density at radius 3 is 2.75 bits per heavy atom. The third-order valence-electron chi connectivity index (χ3n) is 2.37. The van der Waals surface area contributed by atoms with E-state index in [-0.39, 0.29) is 23.1 Å². The number of aromatic nitrogens is 1. The highest BCUT2D eigenvalue weighted by atomic mass is 16.5. The minimum Gasteiger partial charge on any atom is -0.379 e. The molecule has 1 rings (SSSR count). The summed E-state index contributed by atoms with van der Waals surface area (Å²) in [7, 11) is 1.64. The van der Waals surface area contributed by atoms with E-state index in [1.807, 2.05) is 0 Å². The minimum absolute atomic E-state index is 0.0220. The molecule has 0 unspecified atom stereocenters. The lowest BCUT2D eigenvalue weighted by Crippen LogP contribution is -2.40. The van der Waals surface area contributed by atoms with Gasteiger partial charge in [-0.3, -0.25) is 4.79 Å². The molecule has 0 fully saturated rings. The normalized spacial score (nSPS) is 13.5. The van der Waals surface area contributed by atoms with Gasteiger partial charge in [0.2, 0.25) is 0 Å². The summed E-state index contributed by atoms with van der Waals surface area (Å²) in [5.74, 6) is -0.250. The summed E-state index contributed by atoms with van der Waals surface area (Å²) in [5, 5.41) is 6.31. The first kappa shape index (κ1) is 12.7. The van der Waals surface area contributed by atoms with E-state index < -0.39 is 0 Å². The number of carbonyl (C=O) groups is 1. The van der Waals surface area contributed by atoms with Crippen LogP contribution in [0.25, 0.3) is 0 Å². The van der Waals surface area contributed by atoms with E-state index >= 15 is 0 Å². The van der Waals surface area contributed by atoms with Gasteiger partial charge in [0.05, 0.1) is 6.10 Å². The molecular formula is C11H18N2O3. The molecule has 1 amide bonds. The largest absolute Gasteiger partial charge is 0.379 e. The third kappa shape index (κ3) is 3.34. The van der Waals surface area contributed by atoms with Gasteiger partial charge in [-0.05, 0) is 5.41 Å². The first-order valence-corrected chi connectivity index (χ1v) is 5.16. The molecule has 1 aromatic heterocycles. The fraction of sp³-hybridized carbons (Fsp3) is 0.636. The Morgan fingerprint density at radius 2 is 2.31 bits per heavy atom. The average molecular weight is 226 g/mol. The van der Waals surface area contributed by atoms with E-state index in [0.29, 0.717) is 6.54 Å². The van der Waals surface area contributed by atoms with Crippen LogP contribution in [0.4, 0.5) is 0 Å². The standard InChI is InChI=1S/C11H18N2O3/c1-11(2,3)9(15-4)7-12-10(14)8-5-6-16-13-8/h5-6,9H,7H2,1-4H3,(H,12,14)/t9-/m0/s1. The molecule has 0 aromatic carbocycles. The molecule has 90 valence electrons. The van der Waals surface area contributed by atoms with Gasteiger partial charge in [-0.1, -0.05) is 25.9 Å². The fourth-order valence-corrected chi connectivity index (χ4v) is 1.35. The van der Waals surface area contributed by atoms with Crippen molar-refractivity contribution in [2.24, 2.45) is 5.41 Å². The SMILES string of the molecule is CO[C@@H](CNC(=O)c1ccon1)C(C)(C)C. The van der Waals surface area contributed by atoms with Crippen LogP contribution in [0.15, 0.2) is 16.9 Å². The van der Waals surface area contributed by atoms with Crippen LogP contribution in [0.2, 0.25) is 0 Å². The molecule has 5 nitrogen and oxygen atoms in total. The molecule has 0 aliphatic heterocycles. The maximum absolute atomic E-state index is 11.6. The molecule has 1 atom stereocenters. The molecule has 1 N–H and O–H groups in total. The number of rotatable bonds is 4. The summed E-state index contributed by atoms with van der Waals surface area (Å²) in [4.78, 5) is 11.6. The van der Waals surface area contributed by atoms with Gasteiger partial charge < -0.3 is 14.6 Å². The van der Waals surface area contributed by atoms with Crippen molar-refractivity contribution in [3.63, 3.8) is 0 Å². The number of hydrogen-bond acceptors (Lipinski definition) is 4. The summed E-state index contributed by atoms with van der Waals surface area (Å²) in [6.45, 7) is 6.63.